The van der Waals surface area contributed by atoms with Crippen molar-refractivity contribution in [3.63, 3.8) is 0 Å². The number of benzene rings is 10. The topological polar surface area (TPSA) is 9.86 Å². The van der Waals surface area contributed by atoms with Gasteiger partial charge in [0.1, 0.15) is 0 Å². The summed E-state index contributed by atoms with van der Waals surface area (Å²) in [6.45, 7) is 0. The minimum absolute atomic E-state index is 1.15. The van der Waals surface area contributed by atoms with Crippen molar-refractivity contribution in [2.75, 3.05) is 0 Å². The van der Waals surface area contributed by atoms with Crippen LogP contribution in [0.5, 0.6) is 0 Å². The van der Waals surface area contributed by atoms with E-state index in [0.717, 1.165) is 11.4 Å². The van der Waals surface area contributed by atoms with E-state index in [1.54, 1.807) is 0 Å². The van der Waals surface area contributed by atoms with Gasteiger partial charge < -0.3 is 9.13 Å². The maximum absolute atomic E-state index is 2.78. The first-order valence-corrected chi connectivity index (χ1v) is 24.8. The van der Waals surface area contributed by atoms with Crippen molar-refractivity contribution in [1.82, 2.24) is 9.13 Å². The van der Waals surface area contributed by atoms with Crippen molar-refractivity contribution in [2.45, 2.75) is 0 Å². The predicted molar refractivity (Wildman–Crippen MR) is 277 cm³/mol. The first-order chi connectivity index (χ1) is 31.8. The number of aromatic nitrogens is 2. The van der Waals surface area contributed by atoms with Crippen LogP contribution >= 0.6 is 11.3 Å². The SMILES string of the molecule is c1ccc(-n2c3cc([Si](c4ccccc4)(c4ccccc4)c4ccccc4)ccc3c3cc4c5ccccc5n(-c5ccc(-c6cccc7c6sc6ccccc67)cc5)c4cc32)cc1. The molecule has 2 nitrogen and oxygen atoms in total. The molecule has 0 saturated carbocycles. The molecule has 0 saturated heterocycles. The highest BCUT2D eigenvalue weighted by atomic mass is 32.1. The number of nitrogens with zero attached hydrogens (tertiary/aromatic N) is 2. The first-order valence-electron chi connectivity index (χ1n) is 22.0. The Balaban J connectivity index is 1.06. The smallest absolute Gasteiger partial charge is 0.179 e. The fraction of sp³-hybridized carbons (Fsp3) is 0. The Morgan fingerprint density at radius 1 is 0.297 bits per heavy atom. The van der Waals surface area contributed by atoms with Crippen LogP contribution < -0.4 is 20.7 Å². The molecule has 0 atom stereocenters. The zero-order chi connectivity index (χ0) is 42.2. The van der Waals surface area contributed by atoms with Crippen LogP contribution in [0.3, 0.4) is 0 Å². The van der Waals surface area contributed by atoms with Crippen molar-refractivity contribution < 1.29 is 0 Å². The van der Waals surface area contributed by atoms with E-state index in [1.165, 1.54) is 95.7 Å². The highest BCUT2D eigenvalue weighted by Crippen LogP contribution is 2.42. The zero-order valence-electron chi connectivity index (χ0n) is 34.9. The molecule has 0 unspecified atom stereocenters. The lowest BCUT2D eigenvalue weighted by Crippen LogP contribution is -2.74. The molecule has 3 aromatic heterocycles. The van der Waals surface area contributed by atoms with E-state index in [1.807, 2.05) is 11.3 Å². The Hall–Kier alpha value is -7.76. The van der Waals surface area contributed by atoms with E-state index < -0.39 is 8.07 Å². The molecule has 64 heavy (non-hydrogen) atoms. The van der Waals surface area contributed by atoms with Crippen molar-refractivity contribution >= 4 is 104 Å². The highest BCUT2D eigenvalue weighted by molar-refractivity contribution is 7.26. The number of hydrogen-bond acceptors (Lipinski definition) is 1. The van der Waals surface area contributed by atoms with Gasteiger partial charge in [-0.15, -0.1) is 11.3 Å². The second-order valence-electron chi connectivity index (χ2n) is 16.8. The molecule has 300 valence electrons. The fourth-order valence-electron chi connectivity index (χ4n) is 10.7. The summed E-state index contributed by atoms with van der Waals surface area (Å²) in [6.07, 6.45) is 0. The van der Waals surface area contributed by atoms with Gasteiger partial charge >= 0.3 is 0 Å². The summed E-state index contributed by atoms with van der Waals surface area (Å²) in [5.41, 5.74) is 9.59. The van der Waals surface area contributed by atoms with Gasteiger partial charge in [0.05, 0.1) is 22.1 Å². The average Bonchev–Trinajstić information content (AvgIpc) is 4.02. The normalized spacial score (nSPS) is 12.1. The Morgan fingerprint density at radius 2 is 0.797 bits per heavy atom. The van der Waals surface area contributed by atoms with Gasteiger partial charge in [-0.3, -0.25) is 0 Å². The van der Waals surface area contributed by atoms with Crippen LogP contribution in [0.1, 0.15) is 0 Å². The van der Waals surface area contributed by atoms with Gasteiger partial charge in [0.2, 0.25) is 0 Å². The highest BCUT2D eigenvalue weighted by Gasteiger charge is 2.41. The van der Waals surface area contributed by atoms with E-state index in [-0.39, 0.29) is 0 Å². The molecular weight excluding hydrogens is 809 g/mol. The summed E-state index contributed by atoms with van der Waals surface area (Å²) >= 11 is 1.88. The molecule has 10 aromatic carbocycles. The summed E-state index contributed by atoms with van der Waals surface area (Å²) in [6, 6.07) is 90.4. The van der Waals surface area contributed by atoms with E-state index in [4.69, 9.17) is 0 Å². The maximum Gasteiger partial charge on any atom is 0.179 e. The quantitative estimate of drug-likeness (QED) is 0.112. The van der Waals surface area contributed by atoms with Crippen LogP contribution in [0.2, 0.25) is 0 Å². The Labute approximate surface area is 376 Å². The maximum atomic E-state index is 2.52. The van der Waals surface area contributed by atoms with Gasteiger partial charge in [0.15, 0.2) is 8.07 Å². The van der Waals surface area contributed by atoms with Gasteiger partial charge in [0, 0.05) is 53.1 Å². The van der Waals surface area contributed by atoms with Crippen molar-refractivity contribution in [2.24, 2.45) is 0 Å². The lowest BCUT2D eigenvalue weighted by atomic mass is 10.0. The lowest BCUT2D eigenvalue weighted by Gasteiger charge is -2.34. The molecule has 0 N–H and O–H groups in total. The van der Waals surface area contributed by atoms with Crippen LogP contribution in [-0.2, 0) is 0 Å². The van der Waals surface area contributed by atoms with Gasteiger partial charge in [-0.25, -0.2) is 0 Å². The molecule has 4 heteroatoms. The van der Waals surface area contributed by atoms with Crippen LogP contribution in [0, 0.1) is 0 Å². The molecule has 0 aliphatic carbocycles. The van der Waals surface area contributed by atoms with Gasteiger partial charge in [0.25, 0.3) is 0 Å². The standard InChI is InChI=1S/C60H40N2SSi/c1-5-18-42(19-6-1)62-56-38-47(64(44-20-7-2-8-21-44,45-22-9-3-10-23-45)46-24-11-4-12-25-46)36-37-50(56)54-39-53-49-26-13-15-30-55(49)61(57(53)40-58(54)62)43-34-32-41(33-35-43)48-28-17-29-52-51-27-14-16-31-59(51)63-60(48)52/h1-40H. The van der Waals surface area contributed by atoms with Crippen molar-refractivity contribution in [3.8, 4) is 22.5 Å². The van der Waals surface area contributed by atoms with Gasteiger partial charge in [-0.2, -0.15) is 0 Å². The van der Waals surface area contributed by atoms with Crippen LogP contribution in [0.25, 0.3) is 86.3 Å². The molecule has 13 rings (SSSR count). The number of para-hydroxylation sites is 2. The van der Waals surface area contributed by atoms with Crippen molar-refractivity contribution in [3.05, 3.63) is 243 Å². The molecule has 0 fully saturated rings. The Bertz CT molecular complexity index is 3770. The third-order valence-corrected chi connectivity index (χ3v) is 19.5. The summed E-state index contributed by atoms with van der Waals surface area (Å²) < 4.78 is 7.63. The minimum Gasteiger partial charge on any atom is -0.309 e. The molecule has 0 spiro atoms. The van der Waals surface area contributed by atoms with Crippen LogP contribution in [-0.4, -0.2) is 17.2 Å². The Kier molecular flexibility index (Phi) is 8.45. The number of hydrogen-bond donors (Lipinski definition) is 0. The molecule has 3 heterocycles. The molecule has 0 bridgehead atoms. The van der Waals surface area contributed by atoms with E-state index in [0.29, 0.717) is 0 Å². The predicted octanol–water partition coefficient (Wildman–Crippen LogP) is 13.3. The number of fused-ring (bicyclic) bond motifs is 9. The molecule has 0 radical (unpaired) electrons. The largest absolute Gasteiger partial charge is 0.309 e. The summed E-state index contributed by atoms with van der Waals surface area (Å²) in [7, 11) is -2.78. The second kappa shape index (κ2) is 14.7. The van der Waals surface area contributed by atoms with Crippen LogP contribution in [0.15, 0.2) is 243 Å². The van der Waals surface area contributed by atoms with Gasteiger partial charge in [-0.1, -0.05) is 188 Å². The zero-order valence-corrected chi connectivity index (χ0v) is 36.7. The van der Waals surface area contributed by atoms with Gasteiger partial charge in [-0.05, 0) is 86.5 Å². The molecular formula is C60H40N2SSi. The first kappa shape index (κ1) is 36.9. The number of thiophene rings is 1. The summed E-state index contributed by atoms with van der Waals surface area (Å²) in [5, 5.41) is 13.1. The summed E-state index contributed by atoms with van der Waals surface area (Å²) in [4.78, 5) is 0. The van der Waals surface area contributed by atoms with Crippen LogP contribution in [0.4, 0.5) is 0 Å². The number of rotatable bonds is 7. The molecule has 0 amide bonds. The Morgan fingerprint density at radius 3 is 1.45 bits per heavy atom. The second-order valence-corrected chi connectivity index (χ2v) is 21.7. The lowest BCUT2D eigenvalue weighted by molar-refractivity contribution is 1.17. The average molecular weight is 849 g/mol. The van der Waals surface area contributed by atoms with E-state index in [9.17, 15) is 0 Å². The van der Waals surface area contributed by atoms with E-state index >= 15 is 0 Å². The van der Waals surface area contributed by atoms with Crippen molar-refractivity contribution in [1.29, 1.82) is 0 Å². The minimum atomic E-state index is -2.78. The fourth-order valence-corrected chi connectivity index (χ4v) is 16.7. The molecule has 0 aliphatic heterocycles. The third-order valence-electron chi connectivity index (χ3n) is 13.5. The molecule has 13 aromatic rings. The molecule has 0 aliphatic rings. The monoisotopic (exact) mass is 848 g/mol. The third kappa shape index (κ3) is 5.50. The summed E-state index contributed by atoms with van der Waals surface area (Å²) in [5.74, 6) is 0. The van der Waals surface area contributed by atoms with E-state index in [2.05, 4.69) is 252 Å².